The largest absolute Gasteiger partial charge is 0.324 e. The van der Waals surface area contributed by atoms with Crippen LogP contribution in [0.1, 0.15) is 23.6 Å². The van der Waals surface area contributed by atoms with Gasteiger partial charge in [-0.15, -0.1) is 0 Å². The molecule has 0 spiro atoms. The Labute approximate surface area is 85.0 Å². The van der Waals surface area contributed by atoms with Crippen molar-refractivity contribution in [2.45, 2.75) is 18.9 Å². The lowest BCUT2D eigenvalue weighted by Gasteiger charge is -2.07. The first kappa shape index (κ1) is 8.54. The minimum Gasteiger partial charge on any atom is -0.324 e. The molecular formula is C9H9BrClN. The molecule has 0 fully saturated rings. The molecule has 1 nitrogen and oxygen atoms in total. The van der Waals surface area contributed by atoms with Gasteiger partial charge in [0.1, 0.15) is 0 Å². The molecule has 3 heteroatoms. The summed E-state index contributed by atoms with van der Waals surface area (Å²) in [5.74, 6) is 0. The fourth-order valence-corrected chi connectivity index (χ4v) is 2.63. The molecule has 0 aliphatic heterocycles. The highest BCUT2D eigenvalue weighted by molar-refractivity contribution is 9.10. The molecule has 1 aliphatic rings. The van der Waals surface area contributed by atoms with Crippen molar-refractivity contribution in [3.63, 3.8) is 0 Å². The topological polar surface area (TPSA) is 26.0 Å². The molecule has 0 aromatic heterocycles. The second kappa shape index (κ2) is 3.02. The minimum absolute atomic E-state index is 0.160. The van der Waals surface area contributed by atoms with E-state index in [9.17, 15) is 0 Å². The van der Waals surface area contributed by atoms with Crippen LogP contribution in [-0.2, 0) is 6.42 Å². The van der Waals surface area contributed by atoms with Crippen molar-refractivity contribution < 1.29 is 0 Å². The molecule has 1 aromatic carbocycles. The highest BCUT2D eigenvalue weighted by Gasteiger charge is 2.23. The average molecular weight is 247 g/mol. The van der Waals surface area contributed by atoms with Gasteiger partial charge in [-0.3, -0.25) is 0 Å². The quantitative estimate of drug-likeness (QED) is 0.748. The van der Waals surface area contributed by atoms with Crippen LogP contribution < -0.4 is 5.73 Å². The first-order chi connectivity index (χ1) is 5.70. The van der Waals surface area contributed by atoms with Crippen LogP contribution in [0.4, 0.5) is 0 Å². The van der Waals surface area contributed by atoms with Crippen LogP contribution >= 0.6 is 27.5 Å². The Balaban J connectivity index is 2.64. The average Bonchev–Trinajstić information content (AvgIpc) is 2.42. The predicted molar refractivity (Wildman–Crippen MR) is 54.4 cm³/mol. The summed E-state index contributed by atoms with van der Waals surface area (Å²) in [6, 6.07) is 4.04. The van der Waals surface area contributed by atoms with Gasteiger partial charge in [-0.25, -0.2) is 0 Å². The smallest absolute Gasteiger partial charge is 0.0442 e. The number of rotatable bonds is 0. The minimum atomic E-state index is 0.160. The van der Waals surface area contributed by atoms with Crippen molar-refractivity contribution >= 4 is 27.5 Å². The summed E-state index contributed by atoms with van der Waals surface area (Å²) in [5.41, 5.74) is 8.35. The van der Waals surface area contributed by atoms with Gasteiger partial charge in [0.2, 0.25) is 0 Å². The van der Waals surface area contributed by atoms with Crippen molar-refractivity contribution in [1.29, 1.82) is 0 Å². The summed E-state index contributed by atoms with van der Waals surface area (Å²) >= 11 is 9.51. The van der Waals surface area contributed by atoms with Gasteiger partial charge in [-0.05, 0) is 36.1 Å². The summed E-state index contributed by atoms with van der Waals surface area (Å²) in [4.78, 5) is 0. The van der Waals surface area contributed by atoms with E-state index < -0.39 is 0 Å². The molecule has 12 heavy (non-hydrogen) atoms. The molecule has 0 amide bonds. The Bertz CT molecular complexity index is 325. The van der Waals surface area contributed by atoms with Crippen molar-refractivity contribution in [3.8, 4) is 0 Å². The van der Waals surface area contributed by atoms with Gasteiger partial charge in [-0.2, -0.15) is 0 Å². The summed E-state index contributed by atoms with van der Waals surface area (Å²) in [5, 5.41) is 0.848. The predicted octanol–water partition coefficient (Wildman–Crippen LogP) is 3.05. The number of hydrogen-bond donors (Lipinski definition) is 1. The maximum Gasteiger partial charge on any atom is 0.0442 e. The number of halogens is 2. The van der Waals surface area contributed by atoms with Gasteiger partial charge in [0.15, 0.2) is 0 Å². The van der Waals surface area contributed by atoms with E-state index in [2.05, 4.69) is 15.9 Å². The van der Waals surface area contributed by atoms with E-state index in [1.165, 1.54) is 11.1 Å². The zero-order valence-electron chi connectivity index (χ0n) is 6.48. The molecule has 1 aromatic rings. The standard InChI is InChI=1S/C9H9BrClN/c10-6-2-3-7(11)5-1-4-8(12)9(5)6/h2-3,8H,1,4,12H2. The SMILES string of the molecule is NC1CCc2c(Cl)ccc(Br)c21. The highest BCUT2D eigenvalue weighted by Crippen LogP contribution is 2.38. The molecule has 1 atom stereocenters. The summed E-state index contributed by atoms with van der Waals surface area (Å²) in [7, 11) is 0. The van der Waals surface area contributed by atoms with Crippen LogP contribution in [0, 0.1) is 0 Å². The molecule has 2 N–H and O–H groups in total. The monoisotopic (exact) mass is 245 g/mol. The van der Waals surface area contributed by atoms with Crippen LogP contribution in [0.3, 0.4) is 0 Å². The van der Waals surface area contributed by atoms with Crippen LogP contribution in [0.5, 0.6) is 0 Å². The van der Waals surface area contributed by atoms with E-state index in [0.717, 1.165) is 22.3 Å². The van der Waals surface area contributed by atoms with Crippen molar-refractivity contribution in [2.75, 3.05) is 0 Å². The molecule has 0 saturated heterocycles. The van der Waals surface area contributed by atoms with Crippen LogP contribution in [-0.4, -0.2) is 0 Å². The molecular weight excluding hydrogens is 237 g/mol. The number of hydrogen-bond acceptors (Lipinski definition) is 1. The van der Waals surface area contributed by atoms with Crippen LogP contribution in [0.25, 0.3) is 0 Å². The van der Waals surface area contributed by atoms with Gasteiger partial charge in [0.05, 0.1) is 0 Å². The van der Waals surface area contributed by atoms with Crippen LogP contribution in [0.15, 0.2) is 16.6 Å². The number of benzene rings is 1. The number of fused-ring (bicyclic) bond motifs is 1. The van der Waals surface area contributed by atoms with Crippen molar-refractivity contribution in [1.82, 2.24) is 0 Å². The second-order valence-electron chi connectivity index (χ2n) is 3.07. The number of nitrogens with two attached hydrogens (primary N) is 1. The first-order valence-corrected chi connectivity index (χ1v) is 5.09. The van der Waals surface area contributed by atoms with E-state index in [0.29, 0.717) is 0 Å². The fourth-order valence-electron chi connectivity index (χ4n) is 1.71. The maximum atomic E-state index is 6.03. The summed E-state index contributed by atoms with van der Waals surface area (Å²) in [6.45, 7) is 0. The fraction of sp³-hybridized carbons (Fsp3) is 0.333. The third kappa shape index (κ3) is 1.18. The Morgan fingerprint density at radius 1 is 1.50 bits per heavy atom. The summed E-state index contributed by atoms with van der Waals surface area (Å²) in [6.07, 6.45) is 2.02. The van der Waals surface area contributed by atoms with E-state index in [4.69, 9.17) is 17.3 Å². The second-order valence-corrected chi connectivity index (χ2v) is 4.33. The lowest BCUT2D eigenvalue weighted by molar-refractivity contribution is 0.711. The maximum absolute atomic E-state index is 6.03. The van der Waals surface area contributed by atoms with Crippen molar-refractivity contribution in [3.05, 3.63) is 32.8 Å². The lowest BCUT2D eigenvalue weighted by atomic mass is 10.1. The molecule has 0 radical (unpaired) electrons. The Morgan fingerprint density at radius 3 is 2.92 bits per heavy atom. The van der Waals surface area contributed by atoms with Crippen LogP contribution in [0.2, 0.25) is 5.02 Å². The third-order valence-electron chi connectivity index (χ3n) is 2.32. The van der Waals surface area contributed by atoms with Crippen molar-refractivity contribution in [2.24, 2.45) is 5.73 Å². The zero-order valence-corrected chi connectivity index (χ0v) is 8.82. The summed E-state index contributed by atoms with van der Waals surface area (Å²) < 4.78 is 1.09. The molecule has 1 aliphatic carbocycles. The Hall–Kier alpha value is -0.0500. The van der Waals surface area contributed by atoms with Gasteiger partial charge in [-0.1, -0.05) is 27.5 Å². The van der Waals surface area contributed by atoms with E-state index in [1.54, 1.807) is 0 Å². The highest BCUT2D eigenvalue weighted by atomic mass is 79.9. The van der Waals surface area contributed by atoms with Gasteiger partial charge < -0.3 is 5.73 Å². The molecule has 0 saturated carbocycles. The van der Waals surface area contributed by atoms with Gasteiger partial charge >= 0.3 is 0 Å². The normalized spacial score (nSPS) is 21.1. The third-order valence-corrected chi connectivity index (χ3v) is 3.37. The first-order valence-electron chi connectivity index (χ1n) is 3.92. The zero-order chi connectivity index (χ0) is 8.72. The Kier molecular flexibility index (Phi) is 2.15. The molecule has 1 unspecified atom stereocenters. The van der Waals surface area contributed by atoms with E-state index in [1.807, 2.05) is 12.1 Å². The van der Waals surface area contributed by atoms with E-state index in [-0.39, 0.29) is 6.04 Å². The van der Waals surface area contributed by atoms with E-state index >= 15 is 0 Å². The Morgan fingerprint density at radius 2 is 2.25 bits per heavy atom. The van der Waals surface area contributed by atoms with Gasteiger partial charge in [0.25, 0.3) is 0 Å². The lowest BCUT2D eigenvalue weighted by Crippen LogP contribution is -2.05. The molecule has 64 valence electrons. The van der Waals surface area contributed by atoms with Gasteiger partial charge in [0, 0.05) is 15.5 Å². The molecule has 0 bridgehead atoms. The molecule has 0 heterocycles. The molecule has 2 rings (SSSR count).